The molecule has 0 heterocycles. The summed E-state index contributed by atoms with van der Waals surface area (Å²) in [6.07, 6.45) is -0.489. The third kappa shape index (κ3) is 7.10. The van der Waals surface area contributed by atoms with Crippen molar-refractivity contribution in [3.05, 3.63) is 70.2 Å². The van der Waals surface area contributed by atoms with Crippen LogP contribution in [-0.4, -0.2) is 30.5 Å². The van der Waals surface area contributed by atoms with Gasteiger partial charge < -0.3 is 21.1 Å². The van der Waals surface area contributed by atoms with E-state index in [-0.39, 0.29) is 19.6 Å². The van der Waals surface area contributed by atoms with Crippen molar-refractivity contribution in [2.24, 2.45) is 5.73 Å². The Balaban J connectivity index is 1.79. The van der Waals surface area contributed by atoms with Crippen molar-refractivity contribution in [3.8, 4) is 0 Å². The number of carbonyl (C=O) groups excluding carboxylic acids is 3. The fourth-order valence-electron chi connectivity index (χ4n) is 2.28. The van der Waals surface area contributed by atoms with Gasteiger partial charge in [0, 0.05) is 10.9 Å². The number of nitrogens with two attached hydrogens (primary N) is 1. The zero-order valence-corrected chi connectivity index (χ0v) is 16.1. The molecule has 0 unspecified atom stereocenters. The molecule has 3 amide bonds. The molecule has 142 valence electrons. The van der Waals surface area contributed by atoms with Gasteiger partial charge in [0.2, 0.25) is 11.8 Å². The monoisotopic (exact) mass is 433 g/mol. The van der Waals surface area contributed by atoms with Gasteiger partial charge in [0.1, 0.15) is 19.2 Å². The predicted octanol–water partition coefficient (Wildman–Crippen LogP) is 1.89. The third-order valence-electron chi connectivity index (χ3n) is 3.67. The molecule has 0 radical (unpaired) electrons. The quantitative estimate of drug-likeness (QED) is 0.589. The number of primary amides is 1. The lowest BCUT2D eigenvalue weighted by Gasteiger charge is -2.16. The van der Waals surface area contributed by atoms with Gasteiger partial charge in [-0.3, -0.25) is 9.59 Å². The molecule has 0 saturated heterocycles. The highest BCUT2D eigenvalue weighted by molar-refractivity contribution is 9.10. The van der Waals surface area contributed by atoms with Gasteiger partial charge in [-0.25, -0.2) is 4.79 Å². The summed E-state index contributed by atoms with van der Waals surface area (Å²) in [5.74, 6) is -1.20. The molecule has 2 rings (SSSR count). The number of amides is 3. The first-order chi connectivity index (χ1) is 13.0. The van der Waals surface area contributed by atoms with E-state index >= 15 is 0 Å². The number of rotatable bonds is 8. The Hall–Kier alpha value is -2.87. The van der Waals surface area contributed by atoms with Crippen molar-refractivity contribution in [2.75, 3.05) is 6.54 Å². The summed E-state index contributed by atoms with van der Waals surface area (Å²) in [6.45, 7) is -0.229. The van der Waals surface area contributed by atoms with Gasteiger partial charge in [0.05, 0.1) is 0 Å². The molecule has 0 bridgehead atoms. The standard InChI is InChI=1S/C19H20BrN3O4/c20-15-9-5-4-8-14(15)10-16(18(21)25)23-17(24)11-22-19(26)27-12-13-6-2-1-3-7-13/h1-9,16H,10-12H2,(H2,21,25)(H,22,26)(H,23,24)/t16-/m0/s1. The van der Waals surface area contributed by atoms with Gasteiger partial charge in [0.15, 0.2) is 0 Å². The van der Waals surface area contributed by atoms with Crippen LogP contribution in [0.2, 0.25) is 0 Å². The first kappa shape index (κ1) is 20.4. The largest absolute Gasteiger partial charge is 0.445 e. The lowest BCUT2D eigenvalue weighted by atomic mass is 10.1. The van der Waals surface area contributed by atoms with Crippen LogP contribution in [-0.2, 0) is 27.4 Å². The highest BCUT2D eigenvalue weighted by Gasteiger charge is 2.20. The lowest BCUT2D eigenvalue weighted by Crippen LogP contribution is -2.49. The summed E-state index contributed by atoms with van der Waals surface area (Å²) in [4.78, 5) is 35.3. The number of hydrogen-bond donors (Lipinski definition) is 3. The summed E-state index contributed by atoms with van der Waals surface area (Å²) in [5.41, 5.74) is 7.03. The van der Waals surface area contributed by atoms with Crippen LogP contribution in [0.3, 0.4) is 0 Å². The number of alkyl carbamates (subject to hydrolysis) is 1. The van der Waals surface area contributed by atoms with Gasteiger partial charge in [0.25, 0.3) is 0 Å². The molecule has 1 atom stereocenters. The van der Waals surface area contributed by atoms with Crippen molar-refractivity contribution in [2.45, 2.75) is 19.1 Å². The van der Waals surface area contributed by atoms with Crippen LogP contribution in [0.15, 0.2) is 59.1 Å². The second kappa shape index (κ2) is 10.3. The molecule has 0 saturated carbocycles. The van der Waals surface area contributed by atoms with E-state index in [1.165, 1.54) is 0 Å². The van der Waals surface area contributed by atoms with Crippen molar-refractivity contribution in [1.82, 2.24) is 10.6 Å². The molecule has 4 N–H and O–H groups in total. The molecular weight excluding hydrogens is 414 g/mol. The Labute approximate surface area is 165 Å². The van der Waals surface area contributed by atoms with E-state index in [1.54, 1.807) is 0 Å². The van der Waals surface area contributed by atoms with Crippen LogP contribution in [0.4, 0.5) is 4.79 Å². The first-order valence-corrected chi connectivity index (χ1v) is 9.01. The Morgan fingerprint density at radius 3 is 2.37 bits per heavy atom. The van der Waals surface area contributed by atoms with Crippen LogP contribution < -0.4 is 16.4 Å². The predicted molar refractivity (Wildman–Crippen MR) is 104 cm³/mol. The van der Waals surface area contributed by atoms with E-state index in [2.05, 4.69) is 26.6 Å². The van der Waals surface area contributed by atoms with E-state index < -0.39 is 23.9 Å². The minimum atomic E-state index is -0.890. The molecule has 0 fully saturated rings. The van der Waals surface area contributed by atoms with E-state index in [4.69, 9.17) is 10.5 Å². The van der Waals surface area contributed by atoms with Gasteiger partial charge >= 0.3 is 6.09 Å². The van der Waals surface area contributed by atoms with Crippen LogP contribution >= 0.6 is 15.9 Å². The fraction of sp³-hybridized carbons (Fsp3) is 0.211. The molecule has 2 aromatic rings. The maximum absolute atomic E-state index is 12.0. The second-order valence-corrected chi connectivity index (χ2v) is 6.59. The van der Waals surface area contributed by atoms with E-state index in [0.717, 1.165) is 15.6 Å². The van der Waals surface area contributed by atoms with Crippen LogP contribution in [0.25, 0.3) is 0 Å². The van der Waals surface area contributed by atoms with Crippen LogP contribution in [0, 0.1) is 0 Å². The number of carbonyl (C=O) groups is 3. The van der Waals surface area contributed by atoms with E-state index in [9.17, 15) is 14.4 Å². The molecule has 0 aromatic heterocycles. The van der Waals surface area contributed by atoms with Gasteiger partial charge in [-0.2, -0.15) is 0 Å². The number of halogens is 1. The lowest BCUT2D eigenvalue weighted by molar-refractivity contribution is -0.126. The van der Waals surface area contributed by atoms with Crippen molar-refractivity contribution in [1.29, 1.82) is 0 Å². The van der Waals surface area contributed by atoms with Gasteiger partial charge in [-0.1, -0.05) is 64.5 Å². The number of hydrogen-bond acceptors (Lipinski definition) is 4. The fourth-order valence-corrected chi connectivity index (χ4v) is 2.73. The molecule has 8 heteroatoms. The molecule has 7 nitrogen and oxygen atoms in total. The Kier molecular flexibility index (Phi) is 7.81. The number of ether oxygens (including phenoxy) is 1. The maximum atomic E-state index is 12.0. The molecular formula is C19H20BrN3O4. The first-order valence-electron chi connectivity index (χ1n) is 8.22. The smallest absolute Gasteiger partial charge is 0.407 e. The summed E-state index contributed by atoms with van der Waals surface area (Å²) < 4.78 is 5.83. The molecule has 0 aliphatic carbocycles. The maximum Gasteiger partial charge on any atom is 0.407 e. The SMILES string of the molecule is NC(=O)[C@H](Cc1ccccc1Br)NC(=O)CNC(=O)OCc1ccccc1. The Bertz CT molecular complexity index is 799. The summed E-state index contributed by atoms with van der Waals surface area (Å²) >= 11 is 3.39. The topological polar surface area (TPSA) is 111 Å². The van der Waals surface area contributed by atoms with Crippen molar-refractivity contribution in [3.63, 3.8) is 0 Å². The zero-order valence-electron chi connectivity index (χ0n) is 14.5. The molecule has 0 aliphatic rings. The minimum absolute atomic E-state index is 0.0975. The second-order valence-electron chi connectivity index (χ2n) is 5.73. The van der Waals surface area contributed by atoms with E-state index in [0.29, 0.717) is 0 Å². The highest BCUT2D eigenvalue weighted by Crippen LogP contribution is 2.17. The molecule has 0 spiro atoms. The summed E-state index contributed by atoms with van der Waals surface area (Å²) in [6, 6.07) is 15.6. The van der Waals surface area contributed by atoms with Crippen LogP contribution in [0.1, 0.15) is 11.1 Å². The third-order valence-corrected chi connectivity index (χ3v) is 4.44. The highest BCUT2D eigenvalue weighted by atomic mass is 79.9. The van der Waals surface area contributed by atoms with E-state index in [1.807, 2.05) is 54.6 Å². The van der Waals surface area contributed by atoms with Gasteiger partial charge in [-0.15, -0.1) is 0 Å². The van der Waals surface area contributed by atoms with Crippen molar-refractivity contribution >= 4 is 33.8 Å². The molecule has 0 aliphatic heterocycles. The normalized spacial score (nSPS) is 11.3. The average molecular weight is 434 g/mol. The number of benzene rings is 2. The zero-order chi connectivity index (χ0) is 19.6. The average Bonchev–Trinajstić information content (AvgIpc) is 2.66. The number of nitrogens with one attached hydrogen (secondary N) is 2. The Morgan fingerprint density at radius 1 is 1.04 bits per heavy atom. The van der Waals surface area contributed by atoms with Crippen LogP contribution in [0.5, 0.6) is 0 Å². The Morgan fingerprint density at radius 2 is 1.70 bits per heavy atom. The molecule has 27 heavy (non-hydrogen) atoms. The van der Waals surface area contributed by atoms with Gasteiger partial charge in [-0.05, 0) is 17.2 Å². The van der Waals surface area contributed by atoms with Crippen molar-refractivity contribution < 1.29 is 19.1 Å². The summed E-state index contributed by atoms with van der Waals surface area (Å²) in [7, 11) is 0. The minimum Gasteiger partial charge on any atom is -0.445 e. The summed E-state index contributed by atoms with van der Waals surface area (Å²) in [5, 5.41) is 4.85. The molecule has 2 aromatic carbocycles.